The molecule has 2 N–H and O–H groups in total. The van der Waals surface area contributed by atoms with Crippen molar-refractivity contribution < 1.29 is 27.5 Å². The van der Waals surface area contributed by atoms with Crippen LogP contribution in [-0.4, -0.2) is 31.5 Å². The van der Waals surface area contributed by atoms with Gasteiger partial charge in [-0.1, -0.05) is 12.1 Å². The zero-order valence-corrected chi connectivity index (χ0v) is 14.7. The van der Waals surface area contributed by atoms with E-state index in [2.05, 4.69) is 15.4 Å². The molecule has 0 fully saturated rings. The number of alkyl halides is 2. The molecular weight excluding hydrogens is 369 g/mol. The van der Waals surface area contributed by atoms with Crippen molar-refractivity contribution in [2.45, 2.75) is 20.0 Å². The molecule has 5 nitrogen and oxygen atoms in total. The van der Waals surface area contributed by atoms with Crippen LogP contribution in [0.1, 0.15) is 20.1 Å². The van der Waals surface area contributed by atoms with Gasteiger partial charge in [0.1, 0.15) is 16.4 Å². The molecule has 140 valence electrons. The lowest BCUT2D eigenvalue weighted by Gasteiger charge is -2.08. The van der Waals surface area contributed by atoms with Crippen LogP contribution in [0.4, 0.5) is 13.2 Å². The fourth-order valence-corrected chi connectivity index (χ4v) is 3.05. The van der Waals surface area contributed by atoms with Crippen molar-refractivity contribution in [3.63, 3.8) is 0 Å². The molecule has 0 saturated carbocycles. The molecule has 0 spiro atoms. The molecule has 0 aliphatic carbocycles. The highest BCUT2D eigenvalue weighted by atomic mass is 32.1. The topological polar surface area (TPSA) is 67.4 Å². The average molecular weight is 386 g/mol. The molecule has 2 amide bonds. The Hall–Kier alpha value is -2.55. The first-order chi connectivity index (χ1) is 12.3. The van der Waals surface area contributed by atoms with Crippen molar-refractivity contribution >= 4 is 23.2 Å². The van der Waals surface area contributed by atoms with Crippen LogP contribution in [0.5, 0.6) is 5.75 Å². The van der Waals surface area contributed by atoms with Gasteiger partial charge in [-0.05, 0) is 30.7 Å². The van der Waals surface area contributed by atoms with E-state index >= 15 is 0 Å². The van der Waals surface area contributed by atoms with Crippen LogP contribution in [0.15, 0.2) is 30.3 Å². The lowest BCUT2D eigenvalue weighted by Crippen LogP contribution is -2.35. The summed E-state index contributed by atoms with van der Waals surface area (Å²) in [6, 6.07) is 7.07. The fraction of sp³-hybridized carbons (Fsp3) is 0.294. The number of aryl methyl sites for hydroxylation is 1. The van der Waals surface area contributed by atoms with Gasteiger partial charge in [-0.15, -0.1) is 11.3 Å². The summed E-state index contributed by atoms with van der Waals surface area (Å²) < 4.78 is 42.1. The van der Waals surface area contributed by atoms with Crippen LogP contribution in [0.3, 0.4) is 0 Å². The van der Waals surface area contributed by atoms with Crippen LogP contribution < -0.4 is 15.4 Å². The van der Waals surface area contributed by atoms with Gasteiger partial charge in [0.2, 0.25) is 5.91 Å². The van der Waals surface area contributed by atoms with Crippen molar-refractivity contribution in [2.75, 3.05) is 13.1 Å². The van der Waals surface area contributed by atoms with E-state index < -0.39 is 18.3 Å². The minimum atomic E-state index is -3.02. The van der Waals surface area contributed by atoms with Gasteiger partial charge in [0.15, 0.2) is 0 Å². The first-order valence-corrected chi connectivity index (χ1v) is 8.51. The first-order valence-electron chi connectivity index (χ1n) is 7.69. The normalized spacial score (nSPS) is 10.7. The van der Waals surface area contributed by atoms with Crippen LogP contribution >= 0.6 is 11.3 Å². The van der Waals surface area contributed by atoms with Crippen LogP contribution in [0.25, 0.3) is 0 Å². The van der Waals surface area contributed by atoms with E-state index in [-0.39, 0.29) is 36.0 Å². The van der Waals surface area contributed by atoms with Crippen molar-refractivity contribution in [3.05, 3.63) is 51.5 Å². The second-order valence-corrected chi connectivity index (χ2v) is 6.60. The Morgan fingerprint density at radius 2 is 1.92 bits per heavy atom. The Labute approximate surface area is 152 Å². The minimum Gasteiger partial charge on any atom is -0.433 e. The molecule has 1 aromatic heterocycles. The third-order valence-corrected chi connectivity index (χ3v) is 4.26. The monoisotopic (exact) mass is 386 g/mol. The summed E-state index contributed by atoms with van der Waals surface area (Å²) in [4.78, 5) is 24.5. The number of thiophene rings is 1. The molecule has 1 aromatic carbocycles. The van der Waals surface area contributed by atoms with Gasteiger partial charge in [0, 0.05) is 18.0 Å². The lowest BCUT2D eigenvalue weighted by molar-refractivity contribution is -0.120. The number of hydrogen-bond acceptors (Lipinski definition) is 4. The van der Waals surface area contributed by atoms with Crippen LogP contribution in [0.2, 0.25) is 0 Å². The van der Waals surface area contributed by atoms with Gasteiger partial charge in [0.05, 0.1) is 6.42 Å². The third kappa shape index (κ3) is 6.07. The first kappa shape index (κ1) is 19.8. The standard InChI is InChI=1S/C17H17F3N2O3S/c1-10-7-13(25-17(19)20)15(26-10)16(24)22-6-5-21-14(23)9-11-3-2-4-12(18)8-11/h2-4,7-8,17H,5-6,9H2,1H3,(H,21,23)(H,22,24). The molecule has 0 radical (unpaired) electrons. The van der Waals surface area contributed by atoms with Crippen molar-refractivity contribution in [1.82, 2.24) is 10.6 Å². The predicted octanol–water partition coefficient (Wildman–Crippen LogP) is 2.89. The highest BCUT2D eigenvalue weighted by Crippen LogP contribution is 2.29. The maximum absolute atomic E-state index is 13.1. The Kier molecular flexibility index (Phi) is 7.02. The third-order valence-electron chi connectivity index (χ3n) is 3.23. The molecule has 0 unspecified atom stereocenters. The summed E-state index contributed by atoms with van der Waals surface area (Å²) in [6.45, 7) is -1.09. The predicted molar refractivity (Wildman–Crippen MR) is 91.1 cm³/mol. The summed E-state index contributed by atoms with van der Waals surface area (Å²) in [5.74, 6) is -1.47. The summed E-state index contributed by atoms with van der Waals surface area (Å²) in [6.07, 6.45) is 0.0161. The molecule has 2 aromatic rings. The SMILES string of the molecule is Cc1cc(OC(F)F)c(C(=O)NCCNC(=O)Cc2cccc(F)c2)s1. The molecule has 2 rings (SSSR count). The highest BCUT2D eigenvalue weighted by Gasteiger charge is 2.19. The van der Waals surface area contributed by atoms with Crippen LogP contribution in [-0.2, 0) is 11.2 Å². The number of carbonyl (C=O) groups is 2. The minimum absolute atomic E-state index is 0.0161. The summed E-state index contributed by atoms with van der Waals surface area (Å²) in [7, 11) is 0. The molecule has 26 heavy (non-hydrogen) atoms. The number of carbonyl (C=O) groups excluding carboxylic acids is 2. The van der Waals surface area contributed by atoms with Gasteiger partial charge >= 0.3 is 6.61 Å². The Bertz CT molecular complexity index is 780. The number of benzene rings is 1. The van der Waals surface area contributed by atoms with Crippen molar-refractivity contribution in [2.24, 2.45) is 0 Å². The maximum Gasteiger partial charge on any atom is 0.387 e. The lowest BCUT2D eigenvalue weighted by atomic mass is 10.1. The Morgan fingerprint density at radius 3 is 2.62 bits per heavy atom. The molecule has 0 aliphatic heterocycles. The largest absolute Gasteiger partial charge is 0.433 e. The van der Waals surface area contributed by atoms with Gasteiger partial charge in [-0.2, -0.15) is 8.78 Å². The Balaban J connectivity index is 1.77. The van der Waals surface area contributed by atoms with Gasteiger partial charge in [0.25, 0.3) is 5.91 Å². The number of hydrogen-bond donors (Lipinski definition) is 2. The zero-order chi connectivity index (χ0) is 19.1. The molecular formula is C17H17F3N2O3S. The van der Waals surface area contributed by atoms with E-state index in [9.17, 15) is 22.8 Å². The molecule has 0 atom stereocenters. The Morgan fingerprint density at radius 1 is 1.19 bits per heavy atom. The van der Waals surface area contributed by atoms with Gasteiger partial charge in [-0.25, -0.2) is 4.39 Å². The number of amides is 2. The fourth-order valence-electron chi connectivity index (χ4n) is 2.19. The second-order valence-electron chi connectivity index (χ2n) is 5.34. The quantitative estimate of drug-likeness (QED) is 0.686. The molecule has 0 bridgehead atoms. The van der Waals surface area contributed by atoms with Crippen molar-refractivity contribution in [1.29, 1.82) is 0 Å². The second kappa shape index (κ2) is 9.23. The van der Waals surface area contributed by atoms with Crippen LogP contribution in [0, 0.1) is 12.7 Å². The molecule has 0 aliphatic rings. The van der Waals surface area contributed by atoms with Crippen molar-refractivity contribution in [3.8, 4) is 5.75 Å². The van der Waals surface area contributed by atoms with E-state index in [1.807, 2.05) is 0 Å². The number of nitrogens with one attached hydrogen (secondary N) is 2. The van der Waals surface area contributed by atoms with Gasteiger partial charge in [-0.3, -0.25) is 9.59 Å². The number of ether oxygens (including phenoxy) is 1. The van der Waals surface area contributed by atoms with E-state index in [0.29, 0.717) is 10.4 Å². The average Bonchev–Trinajstić information content (AvgIpc) is 2.91. The van der Waals surface area contributed by atoms with Gasteiger partial charge < -0.3 is 15.4 Å². The number of rotatable bonds is 8. The molecule has 0 saturated heterocycles. The maximum atomic E-state index is 13.1. The van der Waals surface area contributed by atoms with E-state index in [1.54, 1.807) is 13.0 Å². The smallest absolute Gasteiger partial charge is 0.387 e. The summed E-state index contributed by atoms with van der Waals surface area (Å²) in [5.41, 5.74) is 0.536. The summed E-state index contributed by atoms with van der Waals surface area (Å²) in [5, 5.41) is 5.11. The number of halogens is 3. The van der Waals surface area contributed by atoms with E-state index in [4.69, 9.17) is 0 Å². The summed E-state index contributed by atoms with van der Waals surface area (Å²) >= 11 is 1.04. The highest BCUT2D eigenvalue weighted by molar-refractivity contribution is 7.14. The molecule has 1 heterocycles. The molecule has 9 heteroatoms. The van der Waals surface area contributed by atoms with E-state index in [1.165, 1.54) is 24.3 Å². The zero-order valence-electron chi connectivity index (χ0n) is 13.9. The van der Waals surface area contributed by atoms with E-state index in [0.717, 1.165) is 11.3 Å².